The molecule has 1 aromatic heterocycles. The molecular weight excluding hydrogens is 336 g/mol. The van der Waals surface area contributed by atoms with Crippen molar-refractivity contribution >= 4 is 28.3 Å². The molecule has 0 aliphatic rings. The maximum atomic E-state index is 12.2. The lowest BCUT2D eigenvalue weighted by molar-refractivity contribution is -0.384. The summed E-state index contributed by atoms with van der Waals surface area (Å²) in [5, 5.41) is 11.8. The maximum Gasteiger partial charge on any atom is 0.374 e. The van der Waals surface area contributed by atoms with Gasteiger partial charge in [0.2, 0.25) is 5.78 Å². The number of benzene rings is 2. The first-order valence-electron chi connectivity index (χ1n) is 7.92. The number of nitrogens with zero attached hydrogens (tertiary/aromatic N) is 1. The summed E-state index contributed by atoms with van der Waals surface area (Å²) in [4.78, 5) is 37.3. The second-order valence-electron chi connectivity index (χ2n) is 5.81. The monoisotopic (exact) mass is 352 g/mol. The van der Waals surface area contributed by atoms with Crippen LogP contribution in [0.1, 0.15) is 23.5 Å². The molecule has 1 N–H and O–H groups in total. The minimum Gasteiger partial charge on any atom is -0.463 e. The van der Waals surface area contributed by atoms with E-state index in [4.69, 9.17) is 0 Å². The number of aromatic nitrogens is 1. The summed E-state index contributed by atoms with van der Waals surface area (Å²) in [6.45, 7) is 0. The van der Waals surface area contributed by atoms with E-state index in [1.165, 1.54) is 12.1 Å². The van der Waals surface area contributed by atoms with Gasteiger partial charge in [0.15, 0.2) is 0 Å². The van der Waals surface area contributed by atoms with Crippen molar-refractivity contribution in [2.24, 2.45) is 0 Å². The number of Topliss-reactive ketones (excluding diaryl/α,β-unsaturated/α-hetero) is 1. The summed E-state index contributed by atoms with van der Waals surface area (Å²) in [6, 6.07) is 13.6. The third kappa shape index (κ3) is 3.32. The van der Waals surface area contributed by atoms with E-state index < -0.39 is 22.6 Å². The number of esters is 1. The summed E-state index contributed by atoms with van der Waals surface area (Å²) in [5.41, 5.74) is 2.41. The number of nitro benzene ring substituents is 1. The van der Waals surface area contributed by atoms with Crippen molar-refractivity contribution in [3.05, 3.63) is 76.0 Å². The van der Waals surface area contributed by atoms with Gasteiger partial charge in [-0.05, 0) is 17.2 Å². The van der Waals surface area contributed by atoms with E-state index in [-0.39, 0.29) is 12.1 Å². The smallest absolute Gasteiger partial charge is 0.374 e. The zero-order valence-electron chi connectivity index (χ0n) is 14.0. The van der Waals surface area contributed by atoms with Gasteiger partial charge in [0, 0.05) is 41.6 Å². The molecule has 0 aliphatic carbocycles. The molecule has 0 bridgehead atoms. The molecule has 3 aromatic rings. The number of hydrogen-bond acceptors (Lipinski definition) is 5. The molecule has 2 aromatic carbocycles. The standard InChI is InChI=1S/C19H16N2O5/c1-26-19(23)18(22)10-15(12-6-8-13(9-7-12)21(24)25)16-11-20-17-5-3-2-4-14(16)17/h2-9,11,15,20H,10H2,1H3/t15-/m0/s1. The summed E-state index contributed by atoms with van der Waals surface area (Å²) in [6.07, 6.45) is 1.70. The van der Waals surface area contributed by atoms with Crippen LogP contribution in [0, 0.1) is 10.1 Å². The van der Waals surface area contributed by atoms with Gasteiger partial charge in [-0.25, -0.2) is 4.79 Å². The topological polar surface area (TPSA) is 102 Å². The van der Waals surface area contributed by atoms with Crippen molar-refractivity contribution < 1.29 is 19.2 Å². The molecule has 0 amide bonds. The molecule has 26 heavy (non-hydrogen) atoms. The van der Waals surface area contributed by atoms with Gasteiger partial charge < -0.3 is 9.72 Å². The predicted molar refractivity (Wildman–Crippen MR) is 94.9 cm³/mol. The Morgan fingerprint density at radius 2 is 1.85 bits per heavy atom. The summed E-state index contributed by atoms with van der Waals surface area (Å²) < 4.78 is 4.52. The van der Waals surface area contributed by atoms with Gasteiger partial charge in [0.05, 0.1) is 12.0 Å². The molecule has 3 rings (SSSR count). The molecule has 0 fully saturated rings. The number of methoxy groups -OCH3 is 1. The van der Waals surface area contributed by atoms with Gasteiger partial charge in [-0.15, -0.1) is 0 Å². The number of ketones is 1. The van der Waals surface area contributed by atoms with Crippen LogP contribution in [-0.2, 0) is 14.3 Å². The van der Waals surface area contributed by atoms with E-state index in [9.17, 15) is 19.7 Å². The molecule has 132 valence electrons. The first-order valence-corrected chi connectivity index (χ1v) is 7.92. The number of rotatable bonds is 6. The lowest BCUT2D eigenvalue weighted by Crippen LogP contribution is -2.19. The van der Waals surface area contributed by atoms with Crippen molar-refractivity contribution in [1.82, 2.24) is 4.98 Å². The zero-order valence-corrected chi connectivity index (χ0v) is 14.0. The number of hydrogen-bond donors (Lipinski definition) is 1. The van der Waals surface area contributed by atoms with Crippen molar-refractivity contribution in [3.8, 4) is 0 Å². The SMILES string of the molecule is COC(=O)C(=O)C[C@@H](c1ccc([N+](=O)[O-])cc1)c1c[nH]c2ccccc12. The molecule has 1 heterocycles. The highest BCUT2D eigenvalue weighted by atomic mass is 16.6. The van der Waals surface area contributed by atoms with Crippen molar-refractivity contribution in [1.29, 1.82) is 0 Å². The fourth-order valence-corrected chi connectivity index (χ4v) is 3.00. The second kappa shape index (κ2) is 7.18. The van der Waals surface area contributed by atoms with E-state index in [0.29, 0.717) is 5.56 Å². The predicted octanol–water partition coefficient (Wildman–Crippen LogP) is 3.34. The lowest BCUT2D eigenvalue weighted by Gasteiger charge is -2.16. The number of carbonyl (C=O) groups is 2. The highest BCUT2D eigenvalue weighted by molar-refractivity contribution is 6.33. The zero-order chi connectivity index (χ0) is 18.7. The van der Waals surface area contributed by atoms with Crippen LogP contribution in [0.4, 0.5) is 5.69 Å². The Bertz CT molecular complexity index is 975. The fraction of sp³-hybridized carbons (Fsp3) is 0.158. The van der Waals surface area contributed by atoms with Crippen LogP contribution in [0.2, 0.25) is 0 Å². The van der Waals surface area contributed by atoms with Crippen molar-refractivity contribution in [2.75, 3.05) is 7.11 Å². The van der Waals surface area contributed by atoms with Crippen LogP contribution >= 0.6 is 0 Å². The Balaban J connectivity index is 2.05. The lowest BCUT2D eigenvalue weighted by atomic mass is 9.86. The van der Waals surface area contributed by atoms with Crippen LogP contribution < -0.4 is 0 Å². The number of non-ortho nitro benzene ring substituents is 1. The molecule has 0 saturated carbocycles. The highest BCUT2D eigenvalue weighted by Crippen LogP contribution is 2.34. The van der Waals surface area contributed by atoms with Gasteiger partial charge in [-0.1, -0.05) is 30.3 Å². The quantitative estimate of drug-likeness (QED) is 0.317. The number of ether oxygens (including phenoxy) is 1. The van der Waals surface area contributed by atoms with Gasteiger partial charge in [-0.2, -0.15) is 0 Å². The number of fused-ring (bicyclic) bond motifs is 1. The van der Waals surface area contributed by atoms with Crippen LogP contribution in [-0.4, -0.2) is 28.8 Å². The summed E-state index contributed by atoms with van der Waals surface area (Å²) in [7, 11) is 1.16. The Kier molecular flexibility index (Phi) is 4.79. The minimum absolute atomic E-state index is 0.0364. The molecule has 0 unspecified atom stereocenters. The minimum atomic E-state index is -0.906. The Labute approximate surface area is 148 Å². The first-order chi connectivity index (χ1) is 12.5. The van der Waals surface area contributed by atoms with Gasteiger partial charge in [0.1, 0.15) is 0 Å². The number of nitrogens with one attached hydrogen (secondary N) is 1. The molecule has 0 radical (unpaired) electrons. The van der Waals surface area contributed by atoms with E-state index >= 15 is 0 Å². The number of para-hydroxylation sites is 1. The molecule has 7 nitrogen and oxygen atoms in total. The van der Waals surface area contributed by atoms with Gasteiger partial charge in [0.25, 0.3) is 5.69 Å². The Hall–Kier alpha value is -3.48. The highest BCUT2D eigenvalue weighted by Gasteiger charge is 2.25. The first kappa shape index (κ1) is 17.3. The molecule has 0 aliphatic heterocycles. The van der Waals surface area contributed by atoms with Crippen molar-refractivity contribution in [2.45, 2.75) is 12.3 Å². The van der Waals surface area contributed by atoms with Gasteiger partial charge in [-0.3, -0.25) is 14.9 Å². The third-order valence-electron chi connectivity index (χ3n) is 4.31. The van der Waals surface area contributed by atoms with Gasteiger partial charge >= 0.3 is 5.97 Å². The van der Waals surface area contributed by atoms with Crippen LogP contribution in [0.3, 0.4) is 0 Å². The molecular formula is C19H16N2O5. The fourth-order valence-electron chi connectivity index (χ4n) is 3.00. The number of carbonyl (C=O) groups excluding carboxylic acids is 2. The van der Waals surface area contributed by atoms with E-state index in [1.807, 2.05) is 24.3 Å². The van der Waals surface area contributed by atoms with Crippen molar-refractivity contribution in [3.63, 3.8) is 0 Å². The maximum absolute atomic E-state index is 12.2. The number of H-pyrrole nitrogens is 1. The molecule has 7 heteroatoms. The number of aromatic amines is 1. The van der Waals surface area contributed by atoms with E-state index in [0.717, 1.165) is 23.6 Å². The molecule has 0 saturated heterocycles. The average molecular weight is 352 g/mol. The summed E-state index contributed by atoms with van der Waals surface area (Å²) >= 11 is 0. The van der Waals surface area contributed by atoms with Crippen LogP contribution in [0.15, 0.2) is 54.7 Å². The Morgan fingerprint density at radius 3 is 2.50 bits per heavy atom. The van der Waals surface area contributed by atoms with Crippen LogP contribution in [0.5, 0.6) is 0 Å². The third-order valence-corrected chi connectivity index (χ3v) is 4.31. The Morgan fingerprint density at radius 1 is 1.15 bits per heavy atom. The molecule has 1 atom stereocenters. The average Bonchev–Trinajstić information content (AvgIpc) is 3.09. The second-order valence-corrected chi connectivity index (χ2v) is 5.81. The normalized spacial score (nSPS) is 11.9. The van der Waals surface area contributed by atoms with E-state index in [2.05, 4.69) is 9.72 Å². The van der Waals surface area contributed by atoms with Crippen LogP contribution in [0.25, 0.3) is 10.9 Å². The largest absolute Gasteiger partial charge is 0.463 e. The van der Waals surface area contributed by atoms with E-state index in [1.54, 1.807) is 18.3 Å². The number of nitro groups is 1. The summed E-state index contributed by atoms with van der Waals surface area (Å²) in [5.74, 6) is -1.99. The molecule has 0 spiro atoms.